The Balaban J connectivity index is 2.37. The second-order valence-electron chi connectivity index (χ2n) is 3.78. The van der Waals surface area contributed by atoms with Crippen LogP contribution in [0, 0.1) is 0 Å². The van der Waals surface area contributed by atoms with Crippen molar-refractivity contribution < 1.29 is 14.9 Å². The Bertz CT molecular complexity index is 493. The van der Waals surface area contributed by atoms with Crippen LogP contribution in [0.1, 0.15) is 6.42 Å². The lowest BCUT2D eigenvalue weighted by Gasteiger charge is -2.22. The third-order valence-electron chi connectivity index (χ3n) is 2.58. The van der Waals surface area contributed by atoms with Crippen molar-refractivity contribution in [3.05, 3.63) is 33.1 Å². The fourth-order valence-corrected chi connectivity index (χ4v) is 1.76. The molecule has 2 rings (SSSR count). The number of aromatic amines is 1. The number of H-pyrrole nitrogens is 1. The molecule has 3 N–H and O–H groups in total. The molecule has 1 aromatic rings. The maximum atomic E-state index is 11.5. The van der Waals surface area contributed by atoms with E-state index < -0.39 is 23.1 Å². The molecular weight excluding hydrogens is 216 g/mol. The Labute approximate surface area is 89.9 Å². The van der Waals surface area contributed by atoms with Crippen molar-refractivity contribution in [1.82, 2.24) is 9.55 Å². The normalized spacial score (nSPS) is 29.5. The van der Waals surface area contributed by atoms with Gasteiger partial charge in [0.2, 0.25) is 0 Å². The van der Waals surface area contributed by atoms with Crippen LogP contribution in [-0.2, 0) is 10.5 Å². The largest absolute Gasteiger partial charge is 0.394 e. The van der Waals surface area contributed by atoms with Crippen LogP contribution in [0.5, 0.6) is 0 Å². The fourth-order valence-electron chi connectivity index (χ4n) is 1.76. The van der Waals surface area contributed by atoms with Crippen molar-refractivity contribution in [2.24, 2.45) is 0 Å². The summed E-state index contributed by atoms with van der Waals surface area (Å²) >= 11 is 0. The van der Waals surface area contributed by atoms with E-state index in [-0.39, 0.29) is 19.6 Å². The predicted octanol–water partition coefficient (Wildman–Crippen LogP) is -2.04. The van der Waals surface area contributed by atoms with E-state index in [4.69, 9.17) is 9.84 Å². The molecule has 0 aliphatic carbocycles. The minimum Gasteiger partial charge on any atom is -0.394 e. The highest BCUT2D eigenvalue weighted by Gasteiger charge is 2.40. The highest BCUT2D eigenvalue weighted by Crippen LogP contribution is 2.26. The van der Waals surface area contributed by atoms with Gasteiger partial charge in [-0.2, -0.15) is 0 Å². The maximum absolute atomic E-state index is 11.5. The molecule has 0 saturated carbocycles. The Morgan fingerprint density at radius 1 is 1.62 bits per heavy atom. The molecule has 0 radical (unpaired) electrons. The summed E-state index contributed by atoms with van der Waals surface area (Å²) in [5.74, 6) is 0. The standard InChI is InChI=1S/C9H12N2O5/c12-4-6-3-9(15,5-16-6)11-2-1-7(13)10-8(11)14/h1-2,6,12,15H,3-5H2,(H,10,13,14)/t6-,9-/m0/s1. The van der Waals surface area contributed by atoms with Gasteiger partial charge in [-0.15, -0.1) is 0 Å². The summed E-state index contributed by atoms with van der Waals surface area (Å²) < 4.78 is 6.11. The van der Waals surface area contributed by atoms with Gasteiger partial charge in [0.15, 0.2) is 5.72 Å². The first-order valence-corrected chi connectivity index (χ1v) is 4.82. The number of ether oxygens (including phenoxy) is 1. The summed E-state index contributed by atoms with van der Waals surface area (Å²) in [6.45, 7) is -0.315. The Morgan fingerprint density at radius 3 is 2.94 bits per heavy atom. The highest BCUT2D eigenvalue weighted by molar-refractivity contribution is 4.92. The summed E-state index contributed by atoms with van der Waals surface area (Å²) in [4.78, 5) is 24.4. The minimum absolute atomic E-state index is 0.0931. The van der Waals surface area contributed by atoms with Gasteiger partial charge < -0.3 is 14.9 Å². The van der Waals surface area contributed by atoms with Crippen molar-refractivity contribution in [2.75, 3.05) is 13.2 Å². The smallest absolute Gasteiger partial charge is 0.330 e. The predicted molar refractivity (Wildman–Crippen MR) is 53.0 cm³/mol. The summed E-state index contributed by atoms with van der Waals surface area (Å²) in [6, 6.07) is 1.14. The van der Waals surface area contributed by atoms with Gasteiger partial charge in [-0.05, 0) is 0 Å². The van der Waals surface area contributed by atoms with Crippen molar-refractivity contribution in [3.8, 4) is 0 Å². The first-order valence-electron chi connectivity index (χ1n) is 4.82. The van der Waals surface area contributed by atoms with Crippen LogP contribution < -0.4 is 11.2 Å². The van der Waals surface area contributed by atoms with Crippen LogP contribution >= 0.6 is 0 Å². The number of aliphatic hydroxyl groups excluding tert-OH is 1. The number of hydrogen-bond acceptors (Lipinski definition) is 5. The number of nitrogens with zero attached hydrogens (tertiary/aromatic N) is 1. The number of nitrogens with one attached hydrogen (secondary N) is 1. The molecule has 0 aromatic carbocycles. The molecule has 0 unspecified atom stereocenters. The molecular formula is C9H12N2O5. The number of rotatable bonds is 2. The minimum atomic E-state index is -1.51. The third kappa shape index (κ3) is 1.80. The fraction of sp³-hybridized carbons (Fsp3) is 0.556. The van der Waals surface area contributed by atoms with Crippen LogP contribution in [0.4, 0.5) is 0 Å². The second-order valence-corrected chi connectivity index (χ2v) is 3.78. The summed E-state index contributed by atoms with van der Waals surface area (Å²) in [6.07, 6.45) is 0.823. The zero-order chi connectivity index (χ0) is 11.8. The van der Waals surface area contributed by atoms with Crippen LogP contribution in [0.2, 0.25) is 0 Å². The summed E-state index contributed by atoms with van der Waals surface area (Å²) in [5.41, 5.74) is -2.73. The van der Waals surface area contributed by atoms with Gasteiger partial charge in [0, 0.05) is 18.7 Å². The van der Waals surface area contributed by atoms with Crippen LogP contribution in [0.3, 0.4) is 0 Å². The van der Waals surface area contributed by atoms with Crippen molar-refractivity contribution in [2.45, 2.75) is 18.2 Å². The monoisotopic (exact) mass is 228 g/mol. The van der Waals surface area contributed by atoms with Crippen molar-refractivity contribution in [1.29, 1.82) is 0 Å². The van der Waals surface area contributed by atoms with Crippen molar-refractivity contribution >= 4 is 0 Å². The molecule has 1 aromatic heterocycles. The Morgan fingerprint density at radius 2 is 2.38 bits per heavy atom. The molecule has 0 spiro atoms. The first-order chi connectivity index (χ1) is 7.55. The molecule has 1 fully saturated rings. The zero-order valence-electron chi connectivity index (χ0n) is 8.42. The highest BCUT2D eigenvalue weighted by atomic mass is 16.5. The van der Waals surface area contributed by atoms with Gasteiger partial charge in [-0.25, -0.2) is 4.79 Å². The topological polar surface area (TPSA) is 105 Å². The molecule has 16 heavy (non-hydrogen) atoms. The van der Waals surface area contributed by atoms with E-state index in [2.05, 4.69) is 0 Å². The van der Waals surface area contributed by atoms with Gasteiger partial charge in [0.1, 0.15) is 0 Å². The number of aromatic nitrogens is 2. The lowest BCUT2D eigenvalue weighted by molar-refractivity contribution is -0.0482. The molecule has 2 atom stereocenters. The first kappa shape index (κ1) is 11.1. The molecule has 1 aliphatic heterocycles. The second kappa shape index (κ2) is 3.85. The summed E-state index contributed by atoms with van der Waals surface area (Å²) in [5, 5.41) is 19.0. The van der Waals surface area contributed by atoms with Crippen LogP contribution in [-0.4, -0.2) is 39.1 Å². The van der Waals surface area contributed by atoms with E-state index in [1.54, 1.807) is 0 Å². The number of aliphatic hydroxyl groups is 2. The van der Waals surface area contributed by atoms with Crippen LogP contribution in [0.25, 0.3) is 0 Å². The Hall–Kier alpha value is -1.44. The van der Waals surface area contributed by atoms with E-state index >= 15 is 0 Å². The SMILES string of the molecule is O=c1ccn([C@@]2(O)CO[C@H](CO)C2)c(=O)[nH]1. The lowest BCUT2D eigenvalue weighted by Crippen LogP contribution is -2.44. The van der Waals surface area contributed by atoms with E-state index in [0.717, 1.165) is 10.6 Å². The molecule has 1 saturated heterocycles. The number of hydrogen-bond donors (Lipinski definition) is 3. The van der Waals surface area contributed by atoms with E-state index in [1.165, 1.54) is 6.20 Å². The zero-order valence-corrected chi connectivity index (χ0v) is 8.42. The summed E-state index contributed by atoms with van der Waals surface area (Å²) in [7, 11) is 0. The average Bonchev–Trinajstić information content (AvgIpc) is 2.61. The molecule has 7 heteroatoms. The van der Waals surface area contributed by atoms with E-state index in [0.29, 0.717) is 0 Å². The van der Waals surface area contributed by atoms with E-state index in [1.807, 2.05) is 4.98 Å². The van der Waals surface area contributed by atoms with Gasteiger partial charge in [-0.3, -0.25) is 14.3 Å². The molecule has 1 aliphatic rings. The van der Waals surface area contributed by atoms with Gasteiger partial charge >= 0.3 is 5.69 Å². The van der Waals surface area contributed by atoms with Crippen LogP contribution in [0.15, 0.2) is 21.9 Å². The van der Waals surface area contributed by atoms with Crippen molar-refractivity contribution in [3.63, 3.8) is 0 Å². The molecule has 0 amide bonds. The maximum Gasteiger partial charge on any atom is 0.330 e. The quantitative estimate of drug-likeness (QED) is 0.541. The Kier molecular flexibility index (Phi) is 2.66. The van der Waals surface area contributed by atoms with Gasteiger partial charge in [-0.1, -0.05) is 0 Å². The van der Waals surface area contributed by atoms with Gasteiger partial charge in [0.25, 0.3) is 5.56 Å². The molecule has 2 heterocycles. The van der Waals surface area contributed by atoms with Gasteiger partial charge in [0.05, 0.1) is 19.3 Å². The molecule has 0 bridgehead atoms. The van der Waals surface area contributed by atoms with E-state index in [9.17, 15) is 14.7 Å². The third-order valence-corrected chi connectivity index (χ3v) is 2.58. The average molecular weight is 228 g/mol. The molecule has 88 valence electrons. The lowest BCUT2D eigenvalue weighted by atomic mass is 10.1. The molecule has 7 nitrogen and oxygen atoms in total.